The Hall–Kier alpha value is -1.30. The average molecular weight is 298 g/mol. The van der Waals surface area contributed by atoms with E-state index < -0.39 is 5.97 Å². The highest BCUT2D eigenvalue weighted by atomic mass is 16.5. The maximum absolute atomic E-state index is 12.4. The lowest BCUT2D eigenvalue weighted by atomic mass is 9.75. The number of ether oxygens (including phenoxy) is 1. The van der Waals surface area contributed by atoms with Crippen LogP contribution in [-0.2, 0) is 9.53 Å². The van der Waals surface area contributed by atoms with Crippen LogP contribution in [0.25, 0.3) is 0 Å². The van der Waals surface area contributed by atoms with Crippen LogP contribution in [0.5, 0.6) is 0 Å². The van der Waals surface area contributed by atoms with Crippen LogP contribution >= 0.6 is 0 Å². The van der Waals surface area contributed by atoms with E-state index in [0.717, 1.165) is 25.7 Å². The van der Waals surface area contributed by atoms with E-state index in [2.05, 4.69) is 19.2 Å². The number of carboxylic acids is 1. The van der Waals surface area contributed by atoms with Crippen LogP contribution < -0.4 is 5.32 Å². The Kier molecular flexibility index (Phi) is 5.08. The minimum Gasteiger partial charge on any atom is -0.481 e. The molecular formula is C15H26N2O4. The molecular weight excluding hydrogens is 272 g/mol. The first kappa shape index (κ1) is 16.1. The SMILES string of the molecule is CC1(C)CCC(NC(=O)N2CCOCC2CC(=O)O)CC1. The Balaban J connectivity index is 1.87. The lowest BCUT2D eigenvalue weighted by Gasteiger charge is -2.38. The van der Waals surface area contributed by atoms with E-state index in [1.165, 1.54) is 0 Å². The quantitative estimate of drug-likeness (QED) is 0.833. The summed E-state index contributed by atoms with van der Waals surface area (Å²) in [7, 11) is 0. The molecule has 1 saturated carbocycles. The third-order valence-electron chi connectivity index (χ3n) is 4.57. The fourth-order valence-electron chi connectivity index (χ4n) is 3.09. The average Bonchev–Trinajstić information content (AvgIpc) is 2.41. The molecule has 21 heavy (non-hydrogen) atoms. The second-order valence-corrected chi connectivity index (χ2v) is 6.91. The van der Waals surface area contributed by atoms with Crippen molar-refractivity contribution in [1.29, 1.82) is 0 Å². The Morgan fingerprint density at radius 2 is 2.00 bits per heavy atom. The topological polar surface area (TPSA) is 78.9 Å². The van der Waals surface area contributed by atoms with E-state index in [-0.39, 0.29) is 24.5 Å². The van der Waals surface area contributed by atoms with E-state index in [1.54, 1.807) is 4.90 Å². The first-order chi connectivity index (χ1) is 9.87. The van der Waals surface area contributed by atoms with Gasteiger partial charge in [-0.1, -0.05) is 13.8 Å². The molecule has 2 amide bonds. The zero-order chi connectivity index (χ0) is 15.5. The summed E-state index contributed by atoms with van der Waals surface area (Å²) < 4.78 is 5.30. The molecule has 2 N–H and O–H groups in total. The number of carbonyl (C=O) groups is 2. The zero-order valence-corrected chi connectivity index (χ0v) is 12.9. The van der Waals surface area contributed by atoms with Gasteiger partial charge < -0.3 is 20.1 Å². The number of rotatable bonds is 3. The van der Waals surface area contributed by atoms with Crippen LogP contribution in [0.3, 0.4) is 0 Å². The van der Waals surface area contributed by atoms with Gasteiger partial charge in [0.1, 0.15) is 0 Å². The molecule has 6 nitrogen and oxygen atoms in total. The third kappa shape index (κ3) is 4.59. The predicted molar refractivity (Wildman–Crippen MR) is 78.1 cm³/mol. The number of amides is 2. The second-order valence-electron chi connectivity index (χ2n) is 6.91. The van der Waals surface area contributed by atoms with Crippen LogP contribution in [0.15, 0.2) is 0 Å². The first-order valence-electron chi connectivity index (χ1n) is 7.74. The van der Waals surface area contributed by atoms with Crippen LogP contribution in [-0.4, -0.2) is 53.8 Å². The van der Waals surface area contributed by atoms with E-state index in [9.17, 15) is 9.59 Å². The fraction of sp³-hybridized carbons (Fsp3) is 0.867. The number of nitrogens with zero attached hydrogens (tertiary/aromatic N) is 1. The number of nitrogens with one attached hydrogen (secondary N) is 1. The lowest BCUT2D eigenvalue weighted by molar-refractivity contribution is -0.139. The van der Waals surface area contributed by atoms with Gasteiger partial charge in [0.05, 0.1) is 25.7 Å². The molecule has 0 radical (unpaired) electrons. The lowest BCUT2D eigenvalue weighted by Crippen LogP contribution is -2.55. The van der Waals surface area contributed by atoms with Crippen molar-refractivity contribution < 1.29 is 19.4 Å². The molecule has 0 aromatic rings. The van der Waals surface area contributed by atoms with E-state index in [4.69, 9.17) is 9.84 Å². The molecule has 1 unspecified atom stereocenters. The van der Waals surface area contributed by atoms with Crippen molar-refractivity contribution in [2.75, 3.05) is 19.8 Å². The Bertz CT molecular complexity index is 387. The summed E-state index contributed by atoms with van der Waals surface area (Å²) in [6, 6.07) is -0.301. The van der Waals surface area contributed by atoms with Crippen molar-refractivity contribution >= 4 is 12.0 Å². The number of carbonyl (C=O) groups excluding carboxylic acids is 1. The molecule has 0 bridgehead atoms. The van der Waals surface area contributed by atoms with Gasteiger partial charge in [0.15, 0.2) is 0 Å². The Morgan fingerprint density at radius 1 is 1.33 bits per heavy atom. The summed E-state index contributed by atoms with van der Waals surface area (Å²) in [5.41, 5.74) is 0.367. The molecule has 1 aliphatic heterocycles. The highest BCUT2D eigenvalue weighted by molar-refractivity contribution is 5.76. The van der Waals surface area contributed by atoms with Crippen LogP contribution in [0, 0.1) is 5.41 Å². The fourth-order valence-corrected chi connectivity index (χ4v) is 3.09. The molecule has 120 valence electrons. The number of aliphatic carboxylic acids is 1. The van der Waals surface area contributed by atoms with Gasteiger partial charge in [0, 0.05) is 12.6 Å². The molecule has 1 atom stereocenters. The Labute approximate surface area is 125 Å². The summed E-state index contributed by atoms with van der Waals surface area (Å²) in [5.74, 6) is -0.900. The first-order valence-corrected chi connectivity index (χ1v) is 7.74. The van der Waals surface area contributed by atoms with Crippen molar-refractivity contribution in [1.82, 2.24) is 10.2 Å². The summed E-state index contributed by atoms with van der Waals surface area (Å²) in [5, 5.41) is 12.0. The highest BCUT2D eigenvalue weighted by Gasteiger charge is 2.32. The molecule has 0 spiro atoms. The van der Waals surface area contributed by atoms with Crippen molar-refractivity contribution in [3.8, 4) is 0 Å². The largest absolute Gasteiger partial charge is 0.481 e. The number of hydrogen-bond acceptors (Lipinski definition) is 3. The summed E-state index contributed by atoms with van der Waals surface area (Å²) >= 11 is 0. The second kappa shape index (κ2) is 6.64. The minimum absolute atomic E-state index is 0.0644. The summed E-state index contributed by atoms with van der Waals surface area (Å²) in [6.07, 6.45) is 4.14. The van der Waals surface area contributed by atoms with Gasteiger partial charge in [-0.3, -0.25) is 4.79 Å². The van der Waals surface area contributed by atoms with Gasteiger partial charge in [-0.15, -0.1) is 0 Å². The van der Waals surface area contributed by atoms with Gasteiger partial charge in [0.2, 0.25) is 0 Å². The molecule has 2 rings (SSSR count). The predicted octanol–water partition coefficient (Wildman–Crippen LogP) is 1.84. The van der Waals surface area contributed by atoms with Crippen LogP contribution in [0.4, 0.5) is 4.79 Å². The van der Waals surface area contributed by atoms with Gasteiger partial charge in [-0.25, -0.2) is 4.79 Å². The van der Waals surface area contributed by atoms with Crippen molar-refractivity contribution in [2.24, 2.45) is 5.41 Å². The van der Waals surface area contributed by atoms with E-state index in [1.807, 2.05) is 0 Å². The summed E-state index contributed by atoms with van der Waals surface area (Å²) in [6.45, 7) is 5.76. The van der Waals surface area contributed by atoms with E-state index in [0.29, 0.717) is 25.2 Å². The Morgan fingerprint density at radius 3 is 2.62 bits per heavy atom. The van der Waals surface area contributed by atoms with Gasteiger partial charge in [-0.05, 0) is 31.1 Å². The number of carboxylic acid groups (broad SMARTS) is 1. The molecule has 1 aliphatic carbocycles. The van der Waals surface area contributed by atoms with Gasteiger partial charge >= 0.3 is 12.0 Å². The van der Waals surface area contributed by atoms with Gasteiger partial charge in [0.25, 0.3) is 0 Å². The van der Waals surface area contributed by atoms with Crippen molar-refractivity contribution in [3.63, 3.8) is 0 Å². The number of morpholine rings is 1. The zero-order valence-electron chi connectivity index (χ0n) is 12.9. The molecule has 0 aromatic carbocycles. The molecule has 1 saturated heterocycles. The number of urea groups is 1. The van der Waals surface area contributed by atoms with Crippen molar-refractivity contribution in [2.45, 2.75) is 58.0 Å². The van der Waals surface area contributed by atoms with Crippen molar-refractivity contribution in [3.05, 3.63) is 0 Å². The van der Waals surface area contributed by atoms with Gasteiger partial charge in [-0.2, -0.15) is 0 Å². The smallest absolute Gasteiger partial charge is 0.318 e. The molecule has 6 heteroatoms. The normalized spacial score (nSPS) is 26.4. The number of hydrogen-bond donors (Lipinski definition) is 2. The standard InChI is InChI=1S/C15H26N2O4/c1-15(2)5-3-11(4-6-15)16-14(20)17-7-8-21-10-12(17)9-13(18)19/h11-12H,3-10H2,1-2H3,(H,16,20)(H,18,19). The third-order valence-corrected chi connectivity index (χ3v) is 4.57. The molecule has 2 fully saturated rings. The maximum Gasteiger partial charge on any atom is 0.318 e. The van der Waals surface area contributed by atoms with Crippen LogP contribution in [0.2, 0.25) is 0 Å². The maximum atomic E-state index is 12.4. The minimum atomic E-state index is -0.900. The highest BCUT2D eigenvalue weighted by Crippen LogP contribution is 2.35. The van der Waals surface area contributed by atoms with Crippen LogP contribution in [0.1, 0.15) is 46.0 Å². The monoisotopic (exact) mass is 298 g/mol. The molecule has 1 heterocycles. The summed E-state index contributed by atoms with van der Waals surface area (Å²) in [4.78, 5) is 24.9. The van der Waals surface area contributed by atoms with E-state index >= 15 is 0 Å². The molecule has 0 aromatic heterocycles. The molecule has 2 aliphatic rings.